The Morgan fingerprint density at radius 2 is 2.25 bits per heavy atom. The minimum atomic E-state index is -0.248. The molecular weight excluding hydrogens is 204 g/mol. The zero-order valence-electron chi connectivity index (χ0n) is 10.5. The third-order valence-corrected chi connectivity index (χ3v) is 4.28. The van der Waals surface area contributed by atoms with Gasteiger partial charge in [0.1, 0.15) is 17.5 Å². The molecule has 16 heavy (non-hydrogen) atoms. The predicted molar refractivity (Wildman–Crippen MR) is 60.8 cm³/mol. The highest BCUT2D eigenvalue weighted by Crippen LogP contribution is 2.44. The van der Waals surface area contributed by atoms with E-state index in [4.69, 9.17) is 9.78 Å². The van der Waals surface area contributed by atoms with Crippen molar-refractivity contribution in [2.45, 2.75) is 64.6 Å². The molecule has 0 aromatic rings. The summed E-state index contributed by atoms with van der Waals surface area (Å²) < 4.78 is 0. The van der Waals surface area contributed by atoms with E-state index in [1.54, 1.807) is 0 Å². The summed E-state index contributed by atoms with van der Waals surface area (Å²) in [6, 6.07) is 0. The molecule has 2 bridgehead atoms. The van der Waals surface area contributed by atoms with Crippen LogP contribution in [0.5, 0.6) is 0 Å². The lowest BCUT2D eigenvalue weighted by Crippen LogP contribution is -2.52. The maximum Gasteiger partial charge on any atom is 0.138 e. The molecule has 2 aliphatic rings. The highest BCUT2D eigenvalue weighted by molar-refractivity contribution is 5.82. The number of carbonyl (C=O) groups is 1. The standard InChI is InChI=1S/C13H22O3/c1-4-5-6-13(3)10-7-11(14)9(2)12(8-10)15-16-13/h9-10,12H,4-8H2,1-3H3/t9-,10+,12+,13-/m0/s1. The lowest BCUT2D eigenvalue weighted by Gasteiger charge is -2.47. The van der Waals surface area contributed by atoms with Crippen molar-refractivity contribution >= 4 is 5.78 Å². The first-order valence-electron chi connectivity index (χ1n) is 6.44. The summed E-state index contributed by atoms with van der Waals surface area (Å²) in [5, 5.41) is 0. The number of unbranched alkanes of at least 4 members (excludes halogenated alkanes) is 1. The van der Waals surface area contributed by atoms with Gasteiger partial charge in [0, 0.05) is 18.3 Å². The Morgan fingerprint density at radius 3 is 2.94 bits per heavy atom. The van der Waals surface area contributed by atoms with E-state index >= 15 is 0 Å². The van der Waals surface area contributed by atoms with Crippen molar-refractivity contribution in [3.05, 3.63) is 0 Å². The minimum Gasteiger partial charge on any atom is -0.299 e. The first-order chi connectivity index (χ1) is 7.57. The Balaban J connectivity index is 2.06. The van der Waals surface area contributed by atoms with Crippen molar-refractivity contribution in [1.29, 1.82) is 0 Å². The quantitative estimate of drug-likeness (QED) is 0.694. The molecule has 92 valence electrons. The van der Waals surface area contributed by atoms with Crippen LogP contribution >= 0.6 is 0 Å². The van der Waals surface area contributed by atoms with Gasteiger partial charge in [0.05, 0.1) is 0 Å². The molecule has 3 heteroatoms. The van der Waals surface area contributed by atoms with E-state index in [1.165, 1.54) is 0 Å². The van der Waals surface area contributed by atoms with Crippen LogP contribution in [0.4, 0.5) is 0 Å². The molecular formula is C13H22O3. The zero-order valence-corrected chi connectivity index (χ0v) is 10.5. The smallest absolute Gasteiger partial charge is 0.138 e. The summed E-state index contributed by atoms with van der Waals surface area (Å²) in [7, 11) is 0. The molecule has 4 atom stereocenters. The van der Waals surface area contributed by atoms with E-state index in [9.17, 15) is 4.79 Å². The van der Waals surface area contributed by atoms with Crippen LogP contribution in [0.2, 0.25) is 0 Å². The van der Waals surface area contributed by atoms with Gasteiger partial charge in [-0.2, -0.15) is 0 Å². The Kier molecular flexibility index (Phi) is 3.36. The van der Waals surface area contributed by atoms with E-state index in [2.05, 4.69) is 13.8 Å². The Morgan fingerprint density at radius 1 is 1.50 bits per heavy atom. The Bertz CT molecular complexity index is 276. The monoisotopic (exact) mass is 226 g/mol. The molecule has 0 radical (unpaired) electrons. The highest BCUT2D eigenvalue weighted by Gasteiger charge is 2.49. The summed E-state index contributed by atoms with van der Waals surface area (Å²) in [6.07, 6.45) is 4.90. The van der Waals surface area contributed by atoms with E-state index in [0.717, 1.165) is 25.7 Å². The van der Waals surface area contributed by atoms with Crippen LogP contribution in [0, 0.1) is 11.8 Å². The number of fused-ring (bicyclic) bond motifs is 2. The summed E-state index contributed by atoms with van der Waals surface area (Å²) in [5.41, 5.74) is -0.248. The van der Waals surface area contributed by atoms with Gasteiger partial charge in [-0.1, -0.05) is 26.7 Å². The molecule has 2 fully saturated rings. The molecule has 1 aliphatic carbocycles. The van der Waals surface area contributed by atoms with Crippen LogP contribution in [0.15, 0.2) is 0 Å². The van der Waals surface area contributed by atoms with Gasteiger partial charge >= 0.3 is 0 Å². The van der Waals surface area contributed by atoms with Crippen LogP contribution in [-0.4, -0.2) is 17.5 Å². The number of hydrogen-bond donors (Lipinski definition) is 0. The molecule has 0 N–H and O–H groups in total. The molecule has 1 saturated heterocycles. The Hall–Kier alpha value is -0.410. The summed E-state index contributed by atoms with van der Waals surface area (Å²) in [4.78, 5) is 22.9. The number of Topliss-reactive ketones (excluding diaryl/α,β-unsaturated/α-hetero) is 1. The molecule has 1 saturated carbocycles. The van der Waals surface area contributed by atoms with Gasteiger partial charge in [0.15, 0.2) is 0 Å². The average Bonchev–Trinajstić information content (AvgIpc) is 2.27. The fraction of sp³-hybridized carbons (Fsp3) is 0.923. The number of rotatable bonds is 3. The largest absolute Gasteiger partial charge is 0.299 e. The fourth-order valence-electron chi connectivity index (χ4n) is 2.81. The first-order valence-corrected chi connectivity index (χ1v) is 6.44. The third-order valence-electron chi connectivity index (χ3n) is 4.28. The number of ketones is 1. The van der Waals surface area contributed by atoms with E-state index in [-0.39, 0.29) is 17.6 Å². The third kappa shape index (κ3) is 2.03. The normalized spacial score (nSPS) is 43.4. The highest BCUT2D eigenvalue weighted by atomic mass is 17.2. The fourth-order valence-corrected chi connectivity index (χ4v) is 2.81. The van der Waals surface area contributed by atoms with Crippen LogP contribution in [0.25, 0.3) is 0 Å². The number of carbonyl (C=O) groups excluding carboxylic acids is 1. The van der Waals surface area contributed by atoms with Gasteiger partial charge < -0.3 is 0 Å². The van der Waals surface area contributed by atoms with Gasteiger partial charge in [0.25, 0.3) is 0 Å². The van der Waals surface area contributed by atoms with Crippen molar-refractivity contribution in [1.82, 2.24) is 0 Å². The molecule has 0 unspecified atom stereocenters. The van der Waals surface area contributed by atoms with Gasteiger partial charge in [0.2, 0.25) is 0 Å². The van der Waals surface area contributed by atoms with Crippen molar-refractivity contribution in [3.8, 4) is 0 Å². The summed E-state index contributed by atoms with van der Waals surface area (Å²) >= 11 is 0. The van der Waals surface area contributed by atoms with Crippen LogP contribution in [0.3, 0.4) is 0 Å². The molecule has 1 heterocycles. The van der Waals surface area contributed by atoms with E-state index in [1.807, 2.05) is 6.92 Å². The van der Waals surface area contributed by atoms with Gasteiger partial charge in [-0.3, -0.25) is 4.79 Å². The molecule has 0 aromatic carbocycles. The minimum absolute atomic E-state index is 0.00646. The summed E-state index contributed by atoms with van der Waals surface area (Å²) in [5.74, 6) is 0.695. The maximum atomic E-state index is 11.8. The van der Waals surface area contributed by atoms with Crippen molar-refractivity contribution in [3.63, 3.8) is 0 Å². The second-order valence-electron chi connectivity index (χ2n) is 5.53. The summed E-state index contributed by atoms with van der Waals surface area (Å²) in [6.45, 7) is 6.21. The second-order valence-corrected chi connectivity index (χ2v) is 5.53. The van der Waals surface area contributed by atoms with Crippen molar-refractivity contribution < 1.29 is 14.6 Å². The van der Waals surface area contributed by atoms with Crippen LogP contribution < -0.4 is 0 Å². The maximum absolute atomic E-state index is 11.8. The number of hydrogen-bond acceptors (Lipinski definition) is 3. The molecule has 1 aliphatic heterocycles. The molecule has 0 spiro atoms. The van der Waals surface area contributed by atoms with Crippen molar-refractivity contribution in [2.75, 3.05) is 0 Å². The molecule has 0 aromatic heterocycles. The average molecular weight is 226 g/mol. The molecule has 0 amide bonds. The van der Waals surface area contributed by atoms with Gasteiger partial charge in [-0.25, -0.2) is 9.78 Å². The van der Waals surface area contributed by atoms with E-state index < -0.39 is 0 Å². The van der Waals surface area contributed by atoms with Crippen molar-refractivity contribution in [2.24, 2.45) is 11.8 Å². The predicted octanol–water partition coefficient (Wildman–Crippen LogP) is 2.88. The van der Waals surface area contributed by atoms with Gasteiger partial charge in [-0.15, -0.1) is 0 Å². The Labute approximate surface area is 97.4 Å². The lowest BCUT2D eigenvalue weighted by molar-refractivity contribution is -0.429. The van der Waals surface area contributed by atoms with Crippen LogP contribution in [0.1, 0.15) is 52.9 Å². The van der Waals surface area contributed by atoms with E-state index in [0.29, 0.717) is 18.1 Å². The van der Waals surface area contributed by atoms with Crippen LogP contribution in [-0.2, 0) is 14.6 Å². The molecule has 3 nitrogen and oxygen atoms in total. The van der Waals surface area contributed by atoms with Gasteiger partial charge in [-0.05, 0) is 19.8 Å². The molecule has 2 rings (SSSR count). The SMILES string of the molecule is CCCC[C@]1(C)OO[C@@H]2C[C@H]1CC(=O)[C@@H]2C. The second kappa shape index (κ2) is 4.46. The zero-order chi connectivity index (χ0) is 11.8. The lowest BCUT2D eigenvalue weighted by atomic mass is 9.70. The topological polar surface area (TPSA) is 35.5 Å². The first kappa shape index (κ1) is 12.1.